The lowest BCUT2D eigenvalue weighted by Crippen LogP contribution is -2.48. The van der Waals surface area contributed by atoms with E-state index in [9.17, 15) is 14.4 Å². The second-order valence-corrected chi connectivity index (χ2v) is 8.46. The number of ketones is 1. The Morgan fingerprint density at radius 3 is 2.47 bits per heavy atom. The van der Waals surface area contributed by atoms with Crippen LogP contribution < -0.4 is 0 Å². The number of carbonyl (C=O) groups excluding carboxylic acids is 3. The fourth-order valence-electron chi connectivity index (χ4n) is 4.93. The van der Waals surface area contributed by atoms with Crippen LogP contribution in [0, 0.1) is 12.3 Å². The number of fused-ring (bicyclic) bond motifs is 3. The number of para-hydroxylation sites is 1. The van der Waals surface area contributed by atoms with Gasteiger partial charge in [0.15, 0.2) is 11.5 Å². The van der Waals surface area contributed by atoms with E-state index in [1.807, 2.05) is 38.1 Å². The number of likely N-dealkylation sites (N-methyl/N-ethyl adjacent to an activating group) is 1. The molecule has 152 valence electrons. The molecule has 2 aromatic carbocycles. The molecule has 2 aliphatic heterocycles. The third-order valence-corrected chi connectivity index (χ3v) is 6.68. The van der Waals surface area contributed by atoms with Crippen LogP contribution in [0.2, 0.25) is 0 Å². The summed E-state index contributed by atoms with van der Waals surface area (Å²) in [5, 5.41) is 0.901. The van der Waals surface area contributed by atoms with Crippen LogP contribution in [0.15, 0.2) is 52.9 Å². The van der Waals surface area contributed by atoms with Gasteiger partial charge in [-0.25, -0.2) is 0 Å². The van der Waals surface area contributed by atoms with Crippen LogP contribution in [0.5, 0.6) is 0 Å². The quantitative estimate of drug-likeness (QED) is 0.624. The number of aryl methyl sites for hydroxylation is 1. The lowest BCUT2D eigenvalue weighted by molar-refractivity contribution is 0.0606. The molecular formula is C24H22N2O4. The molecule has 6 heteroatoms. The standard InChI is InChI=1S/C24H22N2O4/c1-14-15-8-6-7-11-18(15)30-20(14)23(29)26-12-19-24(2,13-26)21(27)16-9-4-5-10-17(16)22(28)25(19)3/h4-11,19H,12-13H2,1-3H3/t19-,24+/m1/s1. The van der Waals surface area contributed by atoms with E-state index in [4.69, 9.17) is 4.42 Å². The lowest BCUT2D eigenvalue weighted by atomic mass is 9.78. The minimum atomic E-state index is -0.882. The SMILES string of the molecule is Cc1c(C(=O)N2C[C@H]3N(C)C(=O)c4ccccc4C(=O)[C@@]3(C)C2)oc2ccccc12. The van der Waals surface area contributed by atoms with E-state index in [1.54, 1.807) is 41.1 Å². The maximum atomic E-state index is 13.5. The Bertz CT molecular complexity index is 1230. The summed E-state index contributed by atoms with van der Waals surface area (Å²) < 4.78 is 5.86. The number of carbonyl (C=O) groups is 3. The van der Waals surface area contributed by atoms with Crippen molar-refractivity contribution in [2.45, 2.75) is 19.9 Å². The van der Waals surface area contributed by atoms with Crippen LogP contribution >= 0.6 is 0 Å². The molecule has 1 saturated heterocycles. The van der Waals surface area contributed by atoms with E-state index in [0.717, 1.165) is 10.9 Å². The van der Waals surface area contributed by atoms with E-state index in [1.165, 1.54) is 0 Å². The molecule has 1 aromatic heterocycles. The van der Waals surface area contributed by atoms with E-state index >= 15 is 0 Å². The summed E-state index contributed by atoms with van der Waals surface area (Å²) in [6.45, 7) is 4.24. The molecule has 30 heavy (non-hydrogen) atoms. The summed E-state index contributed by atoms with van der Waals surface area (Å²) in [7, 11) is 1.71. The minimum absolute atomic E-state index is 0.0996. The number of furan rings is 1. The lowest BCUT2D eigenvalue weighted by Gasteiger charge is -2.32. The third-order valence-electron chi connectivity index (χ3n) is 6.68. The van der Waals surface area contributed by atoms with E-state index < -0.39 is 11.5 Å². The number of likely N-dealkylation sites (tertiary alicyclic amines) is 1. The van der Waals surface area contributed by atoms with Crippen LogP contribution in [0.1, 0.15) is 43.8 Å². The van der Waals surface area contributed by atoms with Crippen LogP contribution in [-0.4, -0.2) is 53.6 Å². The zero-order valence-electron chi connectivity index (χ0n) is 17.1. The second kappa shape index (κ2) is 6.29. The predicted molar refractivity (Wildman–Crippen MR) is 112 cm³/mol. The number of Topliss-reactive ketones (excluding diaryl/α,β-unsaturated/α-hetero) is 1. The Hall–Kier alpha value is -3.41. The Kier molecular flexibility index (Phi) is 3.90. The van der Waals surface area contributed by atoms with Crippen molar-refractivity contribution >= 4 is 28.6 Å². The van der Waals surface area contributed by atoms with Crippen LogP contribution in [0.4, 0.5) is 0 Å². The Morgan fingerprint density at radius 1 is 1.07 bits per heavy atom. The molecule has 0 saturated carbocycles. The average molecular weight is 402 g/mol. The van der Waals surface area contributed by atoms with Gasteiger partial charge in [-0.2, -0.15) is 0 Å². The number of rotatable bonds is 1. The van der Waals surface area contributed by atoms with E-state index in [2.05, 4.69) is 0 Å². The maximum absolute atomic E-state index is 13.5. The van der Waals surface area contributed by atoms with Gasteiger partial charge in [0.25, 0.3) is 11.8 Å². The zero-order valence-corrected chi connectivity index (χ0v) is 17.1. The van der Waals surface area contributed by atoms with Gasteiger partial charge in [-0.1, -0.05) is 36.4 Å². The van der Waals surface area contributed by atoms with Crippen molar-refractivity contribution < 1.29 is 18.8 Å². The van der Waals surface area contributed by atoms with E-state index in [-0.39, 0.29) is 36.4 Å². The summed E-state index contributed by atoms with van der Waals surface area (Å²) >= 11 is 0. The first-order valence-corrected chi connectivity index (χ1v) is 10.0. The molecule has 0 unspecified atom stereocenters. The van der Waals surface area contributed by atoms with E-state index in [0.29, 0.717) is 16.7 Å². The van der Waals surface area contributed by atoms with Crippen molar-refractivity contribution in [2.24, 2.45) is 5.41 Å². The Morgan fingerprint density at radius 2 is 1.73 bits per heavy atom. The summed E-state index contributed by atoms with van der Waals surface area (Å²) in [4.78, 5) is 43.2. The molecule has 0 N–H and O–H groups in total. The Labute approximate surface area is 174 Å². The monoisotopic (exact) mass is 402 g/mol. The largest absolute Gasteiger partial charge is 0.451 e. The molecule has 3 heterocycles. The molecule has 6 nitrogen and oxygen atoms in total. The molecule has 2 atom stereocenters. The molecule has 5 rings (SSSR count). The maximum Gasteiger partial charge on any atom is 0.289 e. The van der Waals surface area contributed by atoms with Gasteiger partial charge in [-0.15, -0.1) is 0 Å². The summed E-state index contributed by atoms with van der Waals surface area (Å²) in [6.07, 6.45) is 0. The van der Waals surface area contributed by atoms with Crippen LogP contribution in [-0.2, 0) is 0 Å². The highest BCUT2D eigenvalue weighted by molar-refractivity contribution is 6.13. The van der Waals surface area contributed by atoms with Gasteiger partial charge in [0.1, 0.15) is 5.58 Å². The van der Waals surface area contributed by atoms with Crippen molar-refractivity contribution in [3.05, 3.63) is 71.0 Å². The van der Waals surface area contributed by atoms with Gasteiger partial charge in [0, 0.05) is 36.7 Å². The number of nitrogens with zero attached hydrogens (tertiary/aromatic N) is 2. The summed E-state index contributed by atoms with van der Waals surface area (Å²) in [6, 6.07) is 14.1. The van der Waals surface area contributed by atoms with Crippen molar-refractivity contribution in [1.29, 1.82) is 0 Å². The molecule has 0 spiro atoms. The van der Waals surface area contributed by atoms with Gasteiger partial charge in [-0.3, -0.25) is 14.4 Å². The van der Waals surface area contributed by atoms with Crippen LogP contribution in [0.3, 0.4) is 0 Å². The molecule has 2 aliphatic rings. The smallest absolute Gasteiger partial charge is 0.289 e. The van der Waals surface area contributed by atoms with Gasteiger partial charge in [0.05, 0.1) is 17.0 Å². The first-order chi connectivity index (χ1) is 14.3. The third kappa shape index (κ3) is 2.39. The average Bonchev–Trinajstić information content (AvgIpc) is 3.28. The van der Waals surface area contributed by atoms with Crippen molar-refractivity contribution in [2.75, 3.05) is 20.1 Å². The molecule has 0 radical (unpaired) electrons. The number of hydrogen-bond acceptors (Lipinski definition) is 4. The van der Waals surface area contributed by atoms with Crippen molar-refractivity contribution in [3.63, 3.8) is 0 Å². The molecule has 1 fully saturated rings. The van der Waals surface area contributed by atoms with Gasteiger partial charge in [-0.05, 0) is 26.0 Å². The fourth-order valence-corrected chi connectivity index (χ4v) is 4.93. The second-order valence-electron chi connectivity index (χ2n) is 8.46. The molecule has 2 amide bonds. The topological polar surface area (TPSA) is 70.8 Å². The first kappa shape index (κ1) is 18.6. The minimum Gasteiger partial charge on any atom is -0.451 e. The number of hydrogen-bond donors (Lipinski definition) is 0. The van der Waals surface area contributed by atoms with Gasteiger partial charge >= 0.3 is 0 Å². The normalized spacial score (nSPS) is 23.5. The number of benzene rings is 2. The summed E-state index contributed by atoms with van der Waals surface area (Å²) in [5.41, 5.74) is 1.41. The fraction of sp³-hybridized carbons (Fsp3) is 0.292. The van der Waals surface area contributed by atoms with Gasteiger partial charge < -0.3 is 14.2 Å². The zero-order chi connectivity index (χ0) is 21.2. The van der Waals surface area contributed by atoms with Crippen molar-refractivity contribution in [3.8, 4) is 0 Å². The Balaban J connectivity index is 1.55. The number of amides is 2. The van der Waals surface area contributed by atoms with Crippen molar-refractivity contribution in [1.82, 2.24) is 9.80 Å². The highest BCUT2D eigenvalue weighted by Crippen LogP contribution is 2.41. The van der Waals surface area contributed by atoms with Gasteiger partial charge in [0.2, 0.25) is 0 Å². The predicted octanol–water partition coefficient (Wildman–Crippen LogP) is 3.54. The molecular weight excluding hydrogens is 380 g/mol. The molecule has 0 aliphatic carbocycles. The van der Waals surface area contributed by atoms with Crippen LogP contribution in [0.25, 0.3) is 11.0 Å². The highest BCUT2D eigenvalue weighted by Gasteiger charge is 2.55. The molecule has 0 bridgehead atoms. The first-order valence-electron chi connectivity index (χ1n) is 10.0. The summed E-state index contributed by atoms with van der Waals surface area (Å²) in [5.74, 6) is -0.252. The highest BCUT2D eigenvalue weighted by atomic mass is 16.3. The molecule has 3 aromatic rings.